The van der Waals surface area contributed by atoms with Crippen LogP contribution >= 0.6 is 0 Å². The molecule has 6 heteroatoms. The van der Waals surface area contributed by atoms with Gasteiger partial charge in [0.05, 0.1) is 10.9 Å². The number of aromatic amines is 1. The summed E-state index contributed by atoms with van der Waals surface area (Å²) < 4.78 is 14.3. The fourth-order valence-corrected chi connectivity index (χ4v) is 1.31. The van der Waals surface area contributed by atoms with Gasteiger partial charge in [-0.15, -0.1) is 0 Å². The molecule has 0 bridgehead atoms. The molecule has 0 saturated heterocycles. The lowest BCUT2D eigenvalue weighted by Gasteiger charge is -2.01. The van der Waals surface area contributed by atoms with E-state index in [-0.39, 0.29) is 16.6 Å². The summed E-state index contributed by atoms with van der Waals surface area (Å²) in [6.07, 6.45) is 1.34. The Morgan fingerprint density at radius 2 is 2.13 bits per heavy atom. The lowest BCUT2D eigenvalue weighted by molar-refractivity contribution is 0.576. The van der Waals surface area contributed by atoms with Crippen LogP contribution in [0.5, 0.6) is 0 Å². The molecule has 2 rings (SSSR count). The average molecular weight is 209 g/mol. The Balaban J connectivity index is 3.07. The van der Waals surface area contributed by atoms with Crippen molar-refractivity contribution in [2.45, 2.75) is 6.92 Å². The standard InChI is InChI=1S/C9H8FN3O2/c1-4-6(14)5-3-13(2)9(15)12-8(5)11-7(4)10/h3H,1-2H3,(H,11,12,15). The first-order valence-corrected chi connectivity index (χ1v) is 4.26. The van der Waals surface area contributed by atoms with Gasteiger partial charge in [-0.1, -0.05) is 0 Å². The molecule has 0 unspecified atom stereocenters. The maximum Gasteiger partial charge on any atom is 0.349 e. The molecule has 0 aliphatic heterocycles. The van der Waals surface area contributed by atoms with Gasteiger partial charge in [-0.05, 0) is 6.92 Å². The molecule has 78 valence electrons. The summed E-state index contributed by atoms with van der Waals surface area (Å²) in [5.41, 5.74) is -1.03. The summed E-state index contributed by atoms with van der Waals surface area (Å²) in [5, 5.41) is 0.205. The zero-order valence-electron chi connectivity index (χ0n) is 8.17. The van der Waals surface area contributed by atoms with Crippen molar-refractivity contribution in [2.75, 3.05) is 0 Å². The average Bonchev–Trinajstić information content (AvgIpc) is 2.19. The van der Waals surface area contributed by atoms with E-state index in [2.05, 4.69) is 9.97 Å². The summed E-state index contributed by atoms with van der Waals surface area (Å²) in [6, 6.07) is 0. The number of halogens is 1. The summed E-state index contributed by atoms with van der Waals surface area (Å²) in [7, 11) is 1.48. The normalized spacial score (nSPS) is 10.9. The smallest absolute Gasteiger partial charge is 0.316 e. The second-order valence-corrected chi connectivity index (χ2v) is 3.29. The van der Waals surface area contributed by atoms with Crippen LogP contribution in [-0.2, 0) is 7.05 Å². The van der Waals surface area contributed by atoms with E-state index in [4.69, 9.17) is 0 Å². The van der Waals surface area contributed by atoms with Crippen LogP contribution in [-0.4, -0.2) is 14.5 Å². The van der Waals surface area contributed by atoms with Crippen molar-refractivity contribution in [2.24, 2.45) is 7.05 Å². The highest BCUT2D eigenvalue weighted by Gasteiger charge is 2.09. The number of aromatic nitrogens is 3. The van der Waals surface area contributed by atoms with Crippen LogP contribution in [0.1, 0.15) is 5.56 Å². The lowest BCUT2D eigenvalue weighted by Crippen LogP contribution is -2.23. The van der Waals surface area contributed by atoms with Crippen molar-refractivity contribution in [1.82, 2.24) is 14.5 Å². The molecule has 1 N–H and O–H groups in total. The predicted molar refractivity (Wildman–Crippen MR) is 52.3 cm³/mol. The van der Waals surface area contributed by atoms with Crippen LogP contribution in [0, 0.1) is 12.9 Å². The molecular formula is C9H8FN3O2. The predicted octanol–water partition coefficient (Wildman–Crippen LogP) is 0.0693. The molecule has 2 aromatic rings. The van der Waals surface area contributed by atoms with Gasteiger partial charge in [-0.3, -0.25) is 4.79 Å². The van der Waals surface area contributed by atoms with Crippen LogP contribution in [0.3, 0.4) is 0 Å². The Labute approximate surface area is 83.2 Å². The molecule has 2 heterocycles. The minimum Gasteiger partial charge on any atom is -0.316 e. The van der Waals surface area contributed by atoms with Crippen LogP contribution in [0.2, 0.25) is 0 Å². The van der Waals surface area contributed by atoms with Crippen molar-refractivity contribution in [1.29, 1.82) is 0 Å². The number of nitrogens with one attached hydrogen (secondary N) is 1. The van der Waals surface area contributed by atoms with E-state index in [1.807, 2.05) is 0 Å². The number of nitrogens with zero attached hydrogens (tertiary/aromatic N) is 2. The maximum absolute atomic E-state index is 13.1. The van der Waals surface area contributed by atoms with Gasteiger partial charge in [-0.2, -0.15) is 9.37 Å². The molecule has 2 aromatic heterocycles. The van der Waals surface area contributed by atoms with Gasteiger partial charge >= 0.3 is 5.69 Å². The maximum atomic E-state index is 13.1. The SMILES string of the molecule is Cc1c(F)[nH]c2nc(=O)n(C)cc2c1=O. The van der Waals surface area contributed by atoms with Crippen molar-refractivity contribution in [3.8, 4) is 0 Å². The minimum atomic E-state index is -0.756. The highest BCUT2D eigenvalue weighted by molar-refractivity contribution is 5.73. The number of aryl methyl sites for hydroxylation is 1. The van der Waals surface area contributed by atoms with Crippen molar-refractivity contribution < 1.29 is 4.39 Å². The molecule has 0 aliphatic carbocycles. The largest absolute Gasteiger partial charge is 0.349 e. The van der Waals surface area contributed by atoms with Crippen molar-refractivity contribution in [3.05, 3.63) is 38.4 Å². The number of hydrogen-bond acceptors (Lipinski definition) is 3. The van der Waals surface area contributed by atoms with Gasteiger partial charge in [0.15, 0.2) is 17.0 Å². The molecule has 15 heavy (non-hydrogen) atoms. The van der Waals surface area contributed by atoms with Gasteiger partial charge in [0, 0.05) is 13.2 Å². The van der Waals surface area contributed by atoms with Crippen molar-refractivity contribution in [3.63, 3.8) is 0 Å². The Hall–Kier alpha value is -1.98. The van der Waals surface area contributed by atoms with E-state index >= 15 is 0 Å². The zero-order chi connectivity index (χ0) is 11.2. The summed E-state index contributed by atoms with van der Waals surface area (Å²) in [6.45, 7) is 1.37. The van der Waals surface area contributed by atoms with Gasteiger partial charge < -0.3 is 9.55 Å². The van der Waals surface area contributed by atoms with Gasteiger partial charge in [-0.25, -0.2) is 4.79 Å². The Morgan fingerprint density at radius 3 is 2.80 bits per heavy atom. The number of H-pyrrole nitrogens is 1. The van der Waals surface area contributed by atoms with Gasteiger partial charge in [0.25, 0.3) is 0 Å². The first-order chi connectivity index (χ1) is 7.00. The molecule has 0 aliphatic rings. The highest BCUT2D eigenvalue weighted by atomic mass is 19.1. The molecule has 0 saturated carbocycles. The van der Waals surface area contributed by atoms with Crippen LogP contribution in [0.4, 0.5) is 4.39 Å². The number of rotatable bonds is 0. The number of fused-ring (bicyclic) bond motifs is 1. The van der Waals surface area contributed by atoms with E-state index in [0.717, 1.165) is 0 Å². The molecule has 0 atom stereocenters. The quantitative estimate of drug-likeness (QED) is 0.624. The lowest BCUT2D eigenvalue weighted by atomic mass is 10.2. The Morgan fingerprint density at radius 1 is 1.47 bits per heavy atom. The number of pyridine rings is 1. The van der Waals surface area contributed by atoms with E-state index in [0.29, 0.717) is 0 Å². The van der Waals surface area contributed by atoms with E-state index < -0.39 is 17.1 Å². The first kappa shape index (κ1) is 9.57. The topological polar surface area (TPSA) is 67.8 Å². The summed E-state index contributed by atoms with van der Waals surface area (Å²) >= 11 is 0. The monoisotopic (exact) mass is 209 g/mol. The van der Waals surface area contributed by atoms with Crippen molar-refractivity contribution >= 4 is 11.0 Å². The summed E-state index contributed by atoms with van der Waals surface area (Å²) in [4.78, 5) is 28.6. The molecule has 0 amide bonds. The number of hydrogen-bond donors (Lipinski definition) is 1. The molecule has 0 fully saturated rings. The zero-order valence-corrected chi connectivity index (χ0v) is 8.17. The fraction of sp³-hybridized carbons (Fsp3) is 0.222. The Bertz CT molecular complexity index is 657. The van der Waals surface area contributed by atoms with Crippen LogP contribution in [0.15, 0.2) is 15.8 Å². The third kappa shape index (κ3) is 1.34. The van der Waals surface area contributed by atoms with Crippen LogP contribution in [0.25, 0.3) is 11.0 Å². The molecular weight excluding hydrogens is 201 g/mol. The second kappa shape index (κ2) is 3.01. The second-order valence-electron chi connectivity index (χ2n) is 3.29. The van der Waals surface area contributed by atoms with E-state index in [1.165, 1.54) is 24.7 Å². The van der Waals surface area contributed by atoms with E-state index in [1.54, 1.807) is 0 Å². The molecule has 0 aromatic carbocycles. The molecule has 0 radical (unpaired) electrons. The fourth-order valence-electron chi connectivity index (χ4n) is 1.31. The molecule has 0 spiro atoms. The Kier molecular flexibility index (Phi) is 1.92. The third-order valence-electron chi connectivity index (χ3n) is 2.23. The molecule has 5 nitrogen and oxygen atoms in total. The third-order valence-corrected chi connectivity index (χ3v) is 2.23. The summed E-state index contributed by atoms with van der Waals surface area (Å²) in [5.74, 6) is -0.756. The van der Waals surface area contributed by atoms with Gasteiger partial charge in [0.1, 0.15) is 0 Å². The first-order valence-electron chi connectivity index (χ1n) is 4.26. The van der Waals surface area contributed by atoms with Crippen LogP contribution < -0.4 is 11.1 Å². The van der Waals surface area contributed by atoms with Gasteiger partial charge in [0.2, 0.25) is 0 Å². The highest BCUT2D eigenvalue weighted by Crippen LogP contribution is 2.04. The van der Waals surface area contributed by atoms with E-state index in [9.17, 15) is 14.0 Å². The minimum absolute atomic E-state index is 0.0112.